The summed E-state index contributed by atoms with van der Waals surface area (Å²) < 4.78 is 8.25. The molecule has 3 heteroatoms. The van der Waals surface area contributed by atoms with Crippen LogP contribution < -0.4 is 4.74 Å². The van der Waals surface area contributed by atoms with Crippen molar-refractivity contribution < 1.29 is 4.74 Å². The van der Waals surface area contributed by atoms with E-state index in [1.165, 1.54) is 94.5 Å². The van der Waals surface area contributed by atoms with Crippen molar-refractivity contribution in [3.05, 3.63) is 49.1 Å². The first-order valence-electron chi connectivity index (χ1n) is 13.3. The molecule has 0 saturated heterocycles. The summed E-state index contributed by atoms with van der Waals surface area (Å²) in [5.74, 6) is 5.06. The van der Waals surface area contributed by atoms with Gasteiger partial charge in [0.15, 0.2) is 0 Å². The quantitative estimate of drug-likeness (QED) is 0.254. The maximum atomic E-state index is 5.75. The van der Waals surface area contributed by atoms with Crippen LogP contribution in [-0.2, 0) is 6.42 Å². The van der Waals surface area contributed by atoms with Gasteiger partial charge in [-0.15, -0.1) is 0 Å². The zero-order valence-electron chi connectivity index (χ0n) is 20.4. The summed E-state index contributed by atoms with van der Waals surface area (Å²) in [6.45, 7) is 5.13. The second kappa shape index (κ2) is 12.6. The van der Waals surface area contributed by atoms with Crippen LogP contribution in [0.15, 0.2) is 36.4 Å². The van der Waals surface area contributed by atoms with Crippen molar-refractivity contribution in [3.63, 3.8) is 0 Å². The highest BCUT2D eigenvalue weighted by Gasteiger charge is 2.30. The van der Waals surface area contributed by atoms with Crippen molar-refractivity contribution in [2.75, 3.05) is 6.61 Å². The predicted octanol–water partition coefficient (Wildman–Crippen LogP) is 9.92. The van der Waals surface area contributed by atoms with Gasteiger partial charge in [-0.1, -0.05) is 63.3 Å². The first-order valence-corrected chi connectivity index (χ1v) is 15.4. The van der Waals surface area contributed by atoms with Crippen molar-refractivity contribution in [1.29, 1.82) is 0 Å². The molecule has 0 unspecified atom stereocenters. The molecule has 0 spiro atoms. The minimum absolute atomic E-state index is 0.710. The monoisotopic (exact) mass is 670 g/mol. The minimum atomic E-state index is 0.710. The molecule has 2 aliphatic rings. The van der Waals surface area contributed by atoms with Gasteiger partial charge in [-0.3, -0.25) is 0 Å². The average molecular weight is 670 g/mol. The lowest BCUT2D eigenvalue weighted by molar-refractivity contribution is 0.142. The number of benzene rings is 2. The van der Waals surface area contributed by atoms with E-state index in [1.54, 1.807) is 0 Å². The normalized spacial score (nSPS) is 25.7. The Balaban J connectivity index is 1.26. The van der Waals surface area contributed by atoms with E-state index in [9.17, 15) is 0 Å². The van der Waals surface area contributed by atoms with Gasteiger partial charge in [-0.25, -0.2) is 0 Å². The Hall–Kier alpha value is -0.300. The molecule has 180 valence electrons. The third-order valence-electron chi connectivity index (χ3n) is 8.48. The van der Waals surface area contributed by atoms with Crippen molar-refractivity contribution in [3.8, 4) is 16.9 Å². The van der Waals surface area contributed by atoms with E-state index in [-0.39, 0.29) is 0 Å². The van der Waals surface area contributed by atoms with Crippen molar-refractivity contribution in [1.82, 2.24) is 0 Å². The average Bonchev–Trinajstić information content (AvgIpc) is 2.87. The molecular weight excluding hydrogens is 630 g/mol. The highest BCUT2D eigenvalue weighted by molar-refractivity contribution is 14.1. The second-order valence-electron chi connectivity index (χ2n) is 10.4. The molecule has 33 heavy (non-hydrogen) atoms. The molecule has 0 aliphatic heterocycles. The largest absolute Gasteiger partial charge is 0.493 e. The highest BCUT2D eigenvalue weighted by Crippen LogP contribution is 2.43. The molecule has 2 aromatic rings. The fourth-order valence-electron chi connectivity index (χ4n) is 6.26. The van der Waals surface area contributed by atoms with Crippen LogP contribution in [0.2, 0.25) is 0 Å². The van der Waals surface area contributed by atoms with Crippen LogP contribution in [0, 0.1) is 30.8 Å². The molecule has 1 nitrogen and oxygen atoms in total. The molecule has 0 amide bonds. The molecule has 0 bridgehead atoms. The number of aryl methyl sites for hydroxylation is 1. The van der Waals surface area contributed by atoms with Gasteiger partial charge in [0.1, 0.15) is 5.75 Å². The summed E-state index contributed by atoms with van der Waals surface area (Å²) in [7, 11) is 0. The summed E-state index contributed by atoms with van der Waals surface area (Å²) in [5.41, 5.74) is 4.11. The lowest BCUT2D eigenvalue weighted by Crippen LogP contribution is -2.25. The maximum Gasteiger partial charge on any atom is 0.133 e. The third kappa shape index (κ3) is 6.68. The van der Waals surface area contributed by atoms with Crippen LogP contribution in [0.5, 0.6) is 5.75 Å². The molecular formula is C30H40I2O. The van der Waals surface area contributed by atoms with Gasteiger partial charge in [0.2, 0.25) is 0 Å². The SMILES string of the molecule is CCOc1ccc(-c2ccc(CCC3CCC(C4CCC(CC)CC4)CC3)cc2)c(I)c1I. The third-order valence-corrected chi connectivity index (χ3v) is 11.7. The lowest BCUT2D eigenvalue weighted by atomic mass is 9.68. The standard InChI is InChI=1S/C30H40I2O/c1-3-21-7-13-24(14-8-21)25-15-9-22(10-16-25)5-6-23-11-17-26(18-12-23)27-19-20-28(33-4-2)30(32)29(27)31/h11-12,17-22,24-25H,3-10,13-16H2,1-2H3. The van der Waals surface area contributed by atoms with Gasteiger partial charge in [0.05, 0.1) is 10.2 Å². The van der Waals surface area contributed by atoms with Gasteiger partial charge in [0, 0.05) is 3.57 Å². The van der Waals surface area contributed by atoms with Crippen molar-refractivity contribution in [2.24, 2.45) is 23.7 Å². The van der Waals surface area contributed by atoms with Crippen LogP contribution >= 0.6 is 45.2 Å². The Morgan fingerprint density at radius 2 is 1.33 bits per heavy atom. The number of rotatable bonds is 8. The molecule has 2 saturated carbocycles. The summed E-state index contributed by atoms with van der Waals surface area (Å²) in [4.78, 5) is 0. The molecule has 0 N–H and O–H groups in total. The zero-order chi connectivity index (χ0) is 23.2. The predicted molar refractivity (Wildman–Crippen MR) is 158 cm³/mol. The molecule has 0 atom stereocenters. The van der Waals surface area contributed by atoms with Crippen LogP contribution in [0.25, 0.3) is 11.1 Å². The van der Waals surface area contributed by atoms with E-state index in [4.69, 9.17) is 4.74 Å². The Morgan fingerprint density at radius 3 is 1.91 bits per heavy atom. The summed E-state index contributed by atoms with van der Waals surface area (Å²) in [6.07, 6.45) is 16.0. The summed E-state index contributed by atoms with van der Waals surface area (Å²) in [6, 6.07) is 13.7. The summed E-state index contributed by atoms with van der Waals surface area (Å²) in [5, 5.41) is 0. The van der Waals surface area contributed by atoms with Crippen LogP contribution in [0.3, 0.4) is 0 Å². The number of hydrogen-bond donors (Lipinski definition) is 0. The molecule has 0 radical (unpaired) electrons. The molecule has 2 fully saturated rings. The first kappa shape index (κ1) is 25.8. The van der Waals surface area contributed by atoms with Crippen LogP contribution in [0.1, 0.15) is 83.6 Å². The van der Waals surface area contributed by atoms with E-state index >= 15 is 0 Å². The topological polar surface area (TPSA) is 9.23 Å². The number of hydrogen-bond acceptors (Lipinski definition) is 1. The molecule has 0 heterocycles. The van der Waals surface area contributed by atoms with E-state index in [2.05, 4.69) is 88.5 Å². The fraction of sp³-hybridized carbons (Fsp3) is 0.600. The highest BCUT2D eigenvalue weighted by atomic mass is 127. The molecule has 2 aromatic carbocycles. The molecule has 2 aliphatic carbocycles. The Kier molecular flexibility index (Phi) is 9.84. The van der Waals surface area contributed by atoms with Crippen LogP contribution in [-0.4, -0.2) is 6.61 Å². The Bertz CT molecular complexity index is 875. The first-order chi connectivity index (χ1) is 16.1. The smallest absolute Gasteiger partial charge is 0.133 e. The van der Waals surface area contributed by atoms with Crippen molar-refractivity contribution >= 4 is 45.2 Å². The fourth-order valence-corrected chi connectivity index (χ4v) is 7.64. The molecule has 4 rings (SSSR count). The summed E-state index contributed by atoms with van der Waals surface area (Å²) >= 11 is 4.87. The van der Waals surface area contributed by atoms with E-state index < -0.39 is 0 Å². The maximum absolute atomic E-state index is 5.75. The van der Waals surface area contributed by atoms with Gasteiger partial charge >= 0.3 is 0 Å². The second-order valence-corrected chi connectivity index (χ2v) is 12.5. The Morgan fingerprint density at radius 1 is 0.727 bits per heavy atom. The van der Waals surface area contributed by atoms with E-state index in [0.717, 1.165) is 29.4 Å². The van der Waals surface area contributed by atoms with Gasteiger partial charge in [-0.2, -0.15) is 0 Å². The van der Waals surface area contributed by atoms with E-state index in [0.29, 0.717) is 6.61 Å². The number of halogens is 2. The number of ether oxygens (including phenoxy) is 1. The Labute approximate surface area is 229 Å². The van der Waals surface area contributed by atoms with Gasteiger partial charge in [0.25, 0.3) is 0 Å². The van der Waals surface area contributed by atoms with Crippen LogP contribution in [0.4, 0.5) is 0 Å². The lowest BCUT2D eigenvalue weighted by Gasteiger charge is -2.37. The van der Waals surface area contributed by atoms with E-state index in [1.807, 2.05) is 6.92 Å². The van der Waals surface area contributed by atoms with Crippen molar-refractivity contribution in [2.45, 2.75) is 84.5 Å². The minimum Gasteiger partial charge on any atom is -0.493 e. The van der Waals surface area contributed by atoms with Gasteiger partial charge < -0.3 is 4.74 Å². The zero-order valence-corrected chi connectivity index (χ0v) is 24.7. The molecule has 0 aromatic heterocycles. The van der Waals surface area contributed by atoms with Gasteiger partial charge in [-0.05, 0) is 143 Å².